The molecule has 0 saturated carbocycles. The number of unbranched alkanes of at least 4 members (excludes halogenated alkanes) is 2. The van der Waals surface area contributed by atoms with Gasteiger partial charge in [0.1, 0.15) is 0 Å². The summed E-state index contributed by atoms with van der Waals surface area (Å²) < 4.78 is 0. The van der Waals surface area contributed by atoms with Gasteiger partial charge in [0.05, 0.1) is 0 Å². The molecule has 0 spiro atoms. The van der Waals surface area contributed by atoms with E-state index in [9.17, 15) is 19.8 Å². The largest absolute Gasteiger partial charge is 1.00 e. The number of carbonyl (C=O) groups is 2. The SMILES string of the molecule is CCCCCC(C(=O)O)(C(=O)O)C(C)(C)C.[H-].[Li+]. The molecule has 0 unspecified atom stereocenters. The quantitative estimate of drug-likeness (QED) is 0.384. The molecular formula is C12H23LiO4. The average Bonchev–Trinajstić information content (AvgIpc) is 2.08. The molecule has 4 nitrogen and oxygen atoms in total. The molecule has 5 heteroatoms. The summed E-state index contributed by atoms with van der Waals surface area (Å²) >= 11 is 0. The van der Waals surface area contributed by atoms with Gasteiger partial charge in [-0.1, -0.05) is 47.0 Å². The molecule has 0 aromatic rings. The van der Waals surface area contributed by atoms with Crippen molar-refractivity contribution in [3.8, 4) is 0 Å². The van der Waals surface area contributed by atoms with Crippen LogP contribution in [0.2, 0.25) is 0 Å². The first kappa shape index (κ1) is 18.9. The van der Waals surface area contributed by atoms with E-state index in [4.69, 9.17) is 0 Å². The van der Waals surface area contributed by atoms with E-state index in [1.165, 1.54) is 0 Å². The van der Waals surface area contributed by atoms with Gasteiger partial charge in [-0.05, 0) is 11.8 Å². The van der Waals surface area contributed by atoms with Gasteiger partial charge in [-0.25, -0.2) is 0 Å². The van der Waals surface area contributed by atoms with E-state index in [1.54, 1.807) is 20.8 Å². The van der Waals surface area contributed by atoms with Crippen molar-refractivity contribution in [2.24, 2.45) is 10.8 Å². The molecule has 0 aromatic carbocycles. The van der Waals surface area contributed by atoms with Gasteiger partial charge < -0.3 is 11.6 Å². The van der Waals surface area contributed by atoms with Crippen LogP contribution in [-0.2, 0) is 9.59 Å². The van der Waals surface area contributed by atoms with Crippen LogP contribution in [0, 0.1) is 10.8 Å². The Kier molecular flexibility index (Phi) is 7.87. The van der Waals surface area contributed by atoms with E-state index >= 15 is 0 Å². The van der Waals surface area contributed by atoms with Gasteiger partial charge in [0.25, 0.3) is 0 Å². The molecule has 0 rings (SSSR count). The summed E-state index contributed by atoms with van der Waals surface area (Å²) in [6.07, 6.45) is 2.62. The first-order valence-corrected chi connectivity index (χ1v) is 5.67. The summed E-state index contributed by atoms with van der Waals surface area (Å²) in [5.41, 5.74) is -2.47. The molecular weight excluding hydrogens is 215 g/mol. The third-order valence-electron chi connectivity index (χ3n) is 3.17. The average molecular weight is 238 g/mol. The molecule has 0 aliphatic heterocycles. The van der Waals surface area contributed by atoms with E-state index < -0.39 is 22.8 Å². The van der Waals surface area contributed by atoms with Crippen molar-refractivity contribution in [2.45, 2.75) is 53.4 Å². The molecule has 2 N–H and O–H groups in total. The number of carboxylic acid groups (broad SMARTS) is 2. The molecule has 0 aliphatic rings. The normalized spacial score (nSPS) is 11.8. The van der Waals surface area contributed by atoms with Crippen LogP contribution in [-0.4, -0.2) is 22.2 Å². The zero-order valence-corrected chi connectivity index (χ0v) is 11.5. The molecule has 0 aromatic heterocycles. The van der Waals surface area contributed by atoms with Crippen LogP contribution in [0.4, 0.5) is 0 Å². The summed E-state index contributed by atoms with van der Waals surface area (Å²) in [6.45, 7) is 7.00. The third kappa shape index (κ3) is 4.04. The zero-order chi connectivity index (χ0) is 13.0. The van der Waals surface area contributed by atoms with Crippen molar-refractivity contribution < 1.29 is 40.1 Å². The van der Waals surface area contributed by atoms with Gasteiger partial charge in [-0.3, -0.25) is 9.59 Å². The Balaban J connectivity index is -0.00000112. The van der Waals surface area contributed by atoms with Gasteiger partial charge in [-0.2, -0.15) is 0 Å². The zero-order valence-electron chi connectivity index (χ0n) is 12.5. The number of rotatable bonds is 6. The molecule has 0 aliphatic carbocycles. The van der Waals surface area contributed by atoms with E-state index in [-0.39, 0.29) is 26.7 Å². The molecule has 0 radical (unpaired) electrons. The number of aliphatic carboxylic acids is 2. The summed E-state index contributed by atoms with van der Waals surface area (Å²) in [6, 6.07) is 0. The molecule has 0 heterocycles. The van der Waals surface area contributed by atoms with Crippen LogP contribution in [0.15, 0.2) is 0 Å². The minimum absolute atomic E-state index is 0. The van der Waals surface area contributed by atoms with Crippen molar-refractivity contribution in [2.75, 3.05) is 0 Å². The maximum atomic E-state index is 11.3. The van der Waals surface area contributed by atoms with E-state index in [0.717, 1.165) is 12.8 Å². The number of hydrogen-bond donors (Lipinski definition) is 2. The fraction of sp³-hybridized carbons (Fsp3) is 0.833. The van der Waals surface area contributed by atoms with Crippen LogP contribution in [0.5, 0.6) is 0 Å². The minimum atomic E-state index is -1.68. The summed E-state index contributed by atoms with van der Waals surface area (Å²) in [5.74, 6) is -2.47. The molecule has 0 amide bonds. The fourth-order valence-corrected chi connectivity index (χ4v) is 1.96. The van der Waals surface area contributed by atoms with Crippen LogP contribution in [0.3, 0.4) is 0 Å². The summed E-state index contributed by atoms with van der Waals surface area (Å²) in [7, 11) is 0. The standard InChI is InChI=1S/C12H22O4.Li.H/c1-5-6-7-8-12(9(13)14,10(15)16)11(2,3)4;;/h5-8H2,1-4H3,(H,13,14)(H,15,16);;/q;+1;-1. The molecule has 0 atom stereocenters. The molecule has 0 fully saturated rings. The van der Waals surface area contributed by atoms with Crippen LogP contribution in [0.1, 0.15) is 54.8 Å². The van der Waals surface area contributed by atoms with Crippen LogP contribution in [0.25, 0.3) is 0 Å². The monoisotopic (exact) mass is 238 g/mol. The Morgan fingerprint density at radius 1 is 1.06 bits per heavy atom. The second-order valence-corrected chi connectivity index (χ2v) is 5.22. The topological polar surface area (TPSA) is 74.6 Å². The maximum absolute atomic E-state index is 11.3. The number of hydrogen-bond acceptors (Lipinski definition) is 2. The van der Waals surface area contributed by atoms with E-state index in [2.05, 4.69) is 0 Å². The number of carboxylic acids is 2. The van der Waals surface area contributed by atoms with Crippen molar-refractivity contribution in [1.29, 1.82) is 0 Å². The third-order valence-corrected chi connectivity index (χ3v) is 3.17. The van der Waals surface area contributed by atoms with Gasteiger partial charge in [0, 0.05) is 0 Å². The Labute approximate surface area is 116 Å². The van der Waals surface area contributed by atoms with E-state index in [1.807, 2.05) is 6.92 Å². The van der Waals surface area contributed by atoms with Crippen molar-refractivity contribution in [3.63, 3.8) is 0 Å². The smallest absolute Gasteiger partial charge is 1.00 e. The Hall–Kier alpha value is -0.463. The fourth-order valence-electron chi connectivity index (χ4n) is 1.96. The molecule has 96 valence electrons. The first-order valence-electron chi connectivity index (χ1n) is 5.67. The van der Waals surface area contributed by atoms with Gasteiger partial charge in [-0.15, -0.1) is 0 Å². The predicted octanol–water partition coefficient (Wildman–Crippen LogP) is -0.115. The molecule has 17 heavy (non-hydrogen) atoms. The van der Waals surface area contributed by atoms with Crippen molar-refractivity contribution >= 4 is 11.9 Å². The van der Waals surface area contributed by atoms with Gasteiger partial charge in [0.15, 0.2) is 5.41 Å². The Bertz CT molecular complexity index is 260. The summed E-state index contributed by atoms with van der Waals surface area (Å²) in [4.78, 5) is 22.6. The second-order valence-electron chi connectivity index (χ2n) is 5.22. The molecule has 0 saturated heterocycles. The van der Waals surface area contributed by atoms with Crippen LogP contribution >= 0.6 is 0 Å². The predicted molar refractivity (Wildman–Crippen MR) is 62.4 cm³/mol. The first-order chi connectivity index (χ1) is 7.20. The molecule has 0 bridgehead atoms. The summed E-state index contributed by atoms with van der Waals surface area (Å²) in [5, 5.41) is 18.5. The van der Waals surface area contributed by atoms with Crippen molar-refractivity contribution in [1.82, 2.24) is 0 Å². The Morgan fingerprint density at radius 2 is 1.47 bits per heavy atom. The Morgan fingerprint density at radius 3 is 1.71 bits per heavy atom. The minimum Gasteiger partial charge on any atom is -1.00 e. The maximum Gasteiger partial charge on any atom is 1.00 e. The second kappa shape index (κ2) is 7.08. The van der Waals surface area contributed by atoms with Gasteiger partial charge in [0.2, 0.25) is 0 Å². The van der Waals surface area contributed by atoms with Gasteiger partial charge >= 0.3 is 30.8 Å². The van der Waals surface area contributed by atoms with E-state index in [0.29, 0.717) is 6.42 Å². The van der Waals surface area contributed by atoms with Crippen molar-refractivity contribution in [3.05, 3.63) is 0 Å². The van der Waals surface area contributed by atoms with Crippen LogP contribution < -0.4 is 18.9 Å².